The Labute approximate surface area is 58.1 Å². The average molecular weight is 154 g/mol. The Kier molecular flexibility index (Phi) is 6.20. The molecule has 0 aromatic rings. The molecule has 0 rings (SSSR count). The summed E-state index contributed by atoms with van der Waals surface area (Å²) in [5.41, 5.74) is 0. The van der Waals surface area contributed by atoms with Gasteiger partial charge in [-0.1, -0.05) is 10.8 Å². The van der Waals surface area contributed by atoms with Crippen molar-refractivity contribution >= 4 is 22.5 Å². The summed E-state index contributed by atoms with van der Waals surface area (Å²) in [6.45, 7) is 0.216. The van der Waals surface area contributed by atoms with E-state index in [2.05, 4.69) is 11.7 Å². The van der Waals surface area contributed by atoms with Crippen LogP contribution in [0.25, 0.3) is 0 Å². The van der Waals surface area contributed by atoms with Crippen LogP contribution in [0.1, 0.15) is 6.42 Å². The zero-order valence-electron chi connectivity index (χ0n) is 4.45. The largest absolute Gasteiger partial charge is 0.396 e. The second-order valence-electron chi connectivity index (χ2n) is 1.42. The van der Waals surface area contributed by atoms with Gasteiger partial charge in [0.1, 0.15) is 0 Å². The SMILES string of the molecule is OCCC(CO)SS. The molecule has 0 heterocycles. The van der Waals surface area contributed by atoms with Gasteiger partial charge in [0, 0.05) is 11.9 Å². The van der Waals surface area contributed by atoms with Gasteiger partial charge in [0.25, 0.3) is 0 Å². The minimum atomic E-state index is 0.0864. The molecule has 0 aliphatic heterocycles. The smallest absolute Gasteiger partial charge is 0.0559 e. The number of rotatable bonds is 4. The van der Waals surface area contributed by atoms with Crippen LogP contribution in [-0.2, 0) is 0 Å². The second kappa shape index (κ2) is 5.75. The molecule has 50 valence electrons. The van der Waals surface area contributed by atoms with Gasteiger partial charge in [-0.2, -0.15) is 0 Å². The molecular formula is C4H10O2S2. The predicted molar refractivity (Wildman–Crippen MR) is 39.2 cm³/mol. The number of thiol groups is 1. The van der Waals surface area contributed by atoms with E-state index in [1.807, 2.05) is 0 Å². The highest BCUT2D eigenvalue weighted by Gasteiger charge is 2.02. The quantitative estimate of drug-likeness (QED) is 0.403. The lowest BCUT2D eigenvalue weighted by molar-refractivity contribution is 0.248. The van der Waals surface area contributed by atoms with Crippen LogP contribution in [0, 0.1) is 0 Å². The number of aliphatic hydroxyl groups is 2. The molecule has 0 aliphatic carbocycles. The number of hydrogen-bond donors (Lipinski definition) is 3. The topological polar surface area (TPSA) is 40.5 Å². The molecule has 0 aromatic heterocycles. The molecule has 0 amide bonds. The summed E-state index contributed by atoms with van der Waals surface area (Å²) in [5, 5.41) is 16.9. The summed E-state index contributed by atoms with van der Waals surface area (Å²) in [4.78, 5) is 0. The van der Waals surface area contributed by atoms with Gasteiger partial charge in [-0.3, -0.25) is 0 Å². The van der Waals surface area contributed by atoms with E-state index in [0.29, 0.717) is 6.42 Å². The Hall–Kier alpha value is 0.620. The molecule has 0 aromatic carbocycles. The van der Waals surface area contributed by atoms with Crippen molar-refractivity contribution in [1.82, 2.24) is 0 Å². The molecule has 4 heteroatoms. The van der Waals surface area contributed by atoms with Gasteiger partial charge in [-0.25, -0.2) is 0 Å². The highest BCUT2D eigenvalue weighted by molar-refractivity contribution is 8.68. The van der Waals surface area contributed by atoms with Gasteiger partial charge in [0.05, 0.1) is 6.61 Å². The van der Waals surface area contributed by atoms with Crippen LogP contribution in [-0.4, -0.2) is 28.7 Å². The average Bonchev–Trinajstić information content (AvgIpc) is 1.83. The van der Waals surface area contributed by atoms with Crippen LogP contribution >= 0.6 is 22.5 Å². The summed E-state index contributed by atoms with van der Waals surface area (Å²) in [7, 11) is 1.28. The van der Waals surface area contributed by atoms with Gasteiger partial charge in [0.15, 0.2) is 0 Å². The van der Waals surface area contributed by atoms with Crippen LogP contribution in [0.4, 0.5) is 0 Å². The summed E-state index contributed by atoms with van der Waals surface area (Å²) in [6, 6.07) is 0. The zero-order valence-corrected chi connectivity index (χ0v) is 6.16. The Bertz CT molecular complexity index is 47.3. The Morgan fingerprint density at radius 1 is 1.50 bits per heavy atom. The van der Waals surface area contributed by atoms with Crippen molar-refractivity contribution in [2.75, 3.05) is 13.2 Å². The molecule has 1 unspecified atom stereocenters. The Morgan fingerprint density at radius 3 is 2.25 bits per heavy atom. The maximum Gasteiger partial charge on any atom is 0.0559 e. The van der Waals surface area contributed by atoms with Crippen molar-refractivity contribution < 1.29 is 10.2 Å². The van der Waals surface area contributed by atoms with Crippen molar-refractivity contribution in [2.24, 2.45) is 0 Å². The van der Waals surface area contributed by atoms with Crippen molar-refractivity contribution in [3.05, 3.63) is 0 Å². The van der Waals surface area contributed by atoms with Crippen molar-refractivity contribution in [1.29, 1.82) is 0 Å². The lowest BCUT2D eigenvalue weighted by Gasteiger charge is -2.05. The molecule has 8 heavy (non-hydrogen) atoms. The van der Waals surface area contributed by atoms with E-state index in [4.69, 9.17) is 10.2 Å². The van der Waals surface area contributed by atoms with Crippen molar-refractivity contribution in [3.8, 4) is 0 Å². The fourth-order valence-electron chi connectivity index (χ4n) is 0.321. The maximum atomic E-state index is 8.48. The van der Waals surface area contributed by atoms with Crippen molar-refractivity contribution in [2.45, 2.75) is 11.7 Å². The van der Waals surface area contributed by atoms with E-state index in [1.54, 1.807) is 0 Å². The molecule has 2 nitrogen and oxygen atoms in total. The van der Waals surface area contributed by atoms with Crippen LogP contribution in [0.3, 0.4) is 0 Å². The van der Waals surface area contributed by atoms with Crippen LogP contribution < -0.4 is 0 Å². The fraction of sp³-hybridized carbons (Fsp3) is 1.00. The van der Waals surface area contributed by atoms with E-state index in [0.717, 1.165) is 0 Å². The molecule has 1 atom stereocenters. The molecule has 0 saturated carbocycles. The van der Waals surface area contributed by atoms with Gasteiger partial charge < -0.3 is 10.2 Å². The van der Waals surface area contributed by atoms with Gasteiger partial charge in [0.2, 0.25) is 0 Å². The first-order valence-electron chi connectivity index (χ1n) is 2.37. The van der Waals surface area contributed by atoms with Crippen LogP contribution in [0.5, 0.6) is 0 Å². The fourth-order valence-corrected chi connectivity index (χ4v) is 1.12. The third-order valence-corrected chi connectivity index (χ3v) is 2.38. The number of hydrogen-bond acceptors (Lipinski definition) is 4. The minimum Gasteiger partial charge on any atom is -0.396 e. The van der Waals surface area contributed by atoms with E-state index >= 15 is 0 Å². The third-order valence-electron chi connectivity index (χ3n) is 0.804. The highest BCUT2D eigenvalue weighted by atomic mass is 33.1. The summed E-state index contributed by atoms with van der Waals surface area (Å²) in [6.07, 6.45) is 0.616. The highest BCUT2D eigenvalue weighted by Crippen LogP contribution is 2.16. The molecule has 0 radical (unpaired) electrons. The van der Waals surface area contributed by atoms with Gasteiger partial charge in [-0.05, 0) is 6.42 Å². The normalized spacial score (nSPS) is 13.9. The monoisotopic (exact) mass is 154 g/mol. The lowest BCUT2D eigenvalue weighted by atomic mass is 10.3. The third kappa shape index (κ3) is 3.60. The summed E-state index contributed by atoms with van der Waals surface area (Å²) >= 11 is 3.88. The van der Waals surface area contributed by atoms with Crippen LogP contribution in [0.2, 0.25) is 0 Å². The minimum absolute atomic E-state index is 0.0864. The molecule has 0 bridgehead atoms. The molecule has 0 fully saturated rings. The molecule has 0 aliphatic rings. The Balaban J connectivity index is 3.07. The maximum absolute atomic E-state index is 8.48. The first-order chi connectivity index (χ1) is 3.85. The number of aliphatic hydroxyl groups excluding tert-OH is 2. The van der Waals surface area contributed by atoms with E-state index in [1.165, 1.54) is 10.8 Å². The van der Waals surface area contributed by atoms with E-state index in [9.17, 15) is 0 Å². The zero-order chi connectivity index (χ0) is 6.41. The van der Waals surface area contributed by atoms with Gasteiger partial charge >= 0.3 is 0 Å². The van der Waals surface area contributed by atoms with E-state index in [-0.39, 0.29) is 18.5 Å². The second-order valence-corrected chi connectivity index (χ2v) is 2.93. The first kappa shape index (κ1) is 8.62. The Morgan fingerprint density at radius 2 is 2.12 bits per heavy atom. The summed E-state index contributed by atoms with van der Waals surface area (Å²) in [5.74, 6) is 0. The first-order valence-corrected chi connectivity index (χ1v) is 4.30. The molecule has 0 saturated heterocycles. The van der Waals surface area contributed by atoms with Crippen LogP contribution in [0.15, 0.2) is 0 Å². The summed E-state index contributed by atoms with van der Waals surface area (Å²) < 4.78 is 0. The molecule has 2 N–H and O–H groups in total. The predicted octanol–water partition coefficient (Wildman–Crippen LogP) is 0.308. The molecular weight excluding hydrogens is 144 g/mol. The molecule has 0 spiro atoms. The standard InChI is InChI=1S/C4H10O2S2/c5-2-1-4(3-6)8-7/h4-7H,1-3H2. The lowest BCUT2D eigenvalue weighted by Crippen LogP contribution is -2.08. The van der Waals surface area contributed by atoms with Crippen molar-refractivity contribution in [3.63, 3.8) is 0 Å². The van der Waals surface area contributed by atoms with E-state index < -0.39 is 0 Å². The van der Waals surface area contributed by atoms with Gasteiger partial charge in [-0.15, -0.1) is 11.7 Å².